The Labute approximate surface area is 136 Å². The molecule has 0 aliphatic rings. The van der Waals surface area contributed by atoms with Gasteiger partial charge in [-0.3, -0.25) is 0 Å². The summed E-state index contributed by atoms with van der Waals surface area (Å²) in [5.74, 6) is -0.124. The van der Waals surface area contributed by atoms with Crippen molar-refractivity contribution in [2.24, 2.45) is 0 Å². The fourth-order valence-electron chi connectivity index (χ4n) is 3.03. The van der Waals surface area contributed by atoms with Crippen molar-refractivity contribution in [2.75, 3.05) is 6.61 Å². The summed E-state index contributed by atoms with van der Waals surface area (Å²) in [5, 5.41) is 0. The molecule has 0 N–H and O–H groups in total. The van der Waals surface area contributed by atoms with Crippen LogP contribution in [0.3, 0.4) is 0 Å². The van der Waals surface area contributed by atoms with Crippen molar-refractivity contribution >= 4 is 24.3 Å². The molecule has 0 rings (SSSR count). The Balaban J connectivity index is 5.21. The molecular weight excluding hydrogens is 367 g/mol. The zero-order chi connectivity index (χ0) is 16.1. The summed E-state index contributed by atoms with van der Waals surface area (Å²) in [7, 11) is 0. The van der Waals surface area contributed by atoms with Crippen LogP contribution in [0.4, 0.5) is 0 Å². The molecular formula is C18H36O2Sn. The van der Waals surface area contributed by atoms with E-state index in [0.717, 1.165) is 0 Å². The van der Waals surface area contributed by atoms with Crippen LogP contribution in [0.25, 0.3) is 0 Å². The molecule has 0 spiro atoms. The number of carbonyl (C=O) groups excluding carboxylic acids is 1. The molecule has 124 valence electrons. The second-order valence-corrected chi connectivity index (χ2v) is 20.0. The molecule has 0 bridgehead atoms. The number of unbranched alkanes of at least 4 members (excludes halogenated alkanes) is 3. The summed E-state index contributed by atoms with van der Waals surface area (Å²) >= 11 is -2.36. The van der Waals surface area contributed by atoms with Gasteiger partial charge < -0.3 is 0 Å². The molecule has 0 aliphatic heterocycles. The van der Waals surface area contributed by atoms with Crippen molar-refractivity contribution in [3.63, 3.8) is 0 Å². The molecule has 0 unspecified atom stereocenters. The Kier molecular flexibility index (Phi) is 12.5. The van der Waals surface area contributed by atoms with E-state index in [1.807, 2.05) is 13.0 Å². The van der Waals surface area contributed by atoms with Crippen LogP contribution in [0.15, 0.2) is 9.67 Å². The SMILES string of the molecule is CCC[CH2][Sn]([CH2]CCC)([CH2]CCC)/[C](C)=C/C(=O)OCC. The summed E-state index contributed by atoms with van der Waals surface area (Å²) in [4.78, 5) is 11.9. The van der Waals surface area contributed by atoms with E-state index < -0.39 is 18.4 Å². The molecule has 0 fully saturated rings. The van der Waals surface area contributed by atoms with Crippen LogP contribution in [-0.2, 0) is 9.53 Å². The predicted octanol–water partition coefficient (Wildman–Crippen LogP) is 5.88. The van der Waals surface area contributed by atoms with E-state index in [-0.39, 0.29) is 5.97 Å². The van der Waals surface area contributed by atoms with Crippen molar-refractivity contribution in [1.29, 1.82) is 0 Å². The van der Waals surface area contributed by atoms with Crippen LogP contribution >= 0.6 is 0 Å². The third-order valence-corrected chi connectivity index (χ3v) is 20.9. The van der Waals surface area contributed by atoms with Crippen LogP contribution in [-0.4, -0.2) is 31.0 Å². The Morgan fingerprint density at radius 1 is 0.905 bits per heavy atom. The molecule has 2 nitrogen and oxygen atoms in total. The topological polar surface area (TPSA) is 26.3 Å². The van der Waals surface area contributed by atoms with E-state index in [4.69, 9.17) is 4.74 Å². The summed E-state index contributed by atoms with van der Waals surface area (Å²) in [5.41, 5.74) is 0. The first kappa shape index (κ1) is 21.0. The van der Waals surface area contributed by atoms with E-state index in [2.05, 4.69) is 27.7 Å². The van der Waals surface area contributed by atoms with Gasteiger partial charge in [-0.2, -0.15) is 0 Å². The molecule has 0 aliphatic carbocycles. The van der Waals surface area contributed by atoms with Gasteiger partial charge >= 0.3 is 137 Å². The molecule has 0 aromatic heterocycles. The van der Waals surface area contributed by atoms with Crippen molar-refractivity contribution in [1.82, 2.24) is 0 Å². The molecule has 0 atom stereocenters. The number of carbonyl (C=O) groups is 1. The number of allylic oxidation sites excluding steroid dienone is 1. The van der Waals surface area contributed by atoms with Crippen LogP contribution < -0.4 is 0 Å². The number of hydrogen-bond donors (Lipinski definition) is 0. The second-order valence-electron chi connectivity index (χ2n) is 6.17. The average Bonchev–Trinajstić information content (AvgIpc) is 2.47. The first-order valence-electron chi connectivity index (χ1n) is 8.91. The Hall–Kier alpha value is 0.00870. The van der Waals surface area contributed by atoms with Gasteiger partial charge in [0.2, 0.25) is 0 Å². The van der Waals surface area contributed by atoms with E-state index in [1.54, 1.807) is 0 Å². The summed E-state index contributed by atoms with van der Waals surface area (Å²) < 4.78 is 10.8. The van der Waals surface area contributed by atoms with Crippen molar-refractivity contribution < 1.29 is 9.53 Å². The fraction of sp³-hybridized carbons (Fsp3) is 0.833. The van der Waals surface area contributed by atoms with Gasteiger partial charge in [0.1, 0.15) is 0 Å². The van der Waals surface area contributed by atoms with E-state index in [0.29, 0.717) is 6.61 Å². The van der Waals surface area contributed by atoms with Gasteiger partial charge in [0.25, 0.3) is 0 Å². The van der Waals surface area contributed by atoms with Gasteiger partial charge in [-0.1, -0.05) is 0 Å². The summed E-state index contributed by atoms with van der Waals surface area (Å²) in [6.45, 7) is 11.4. The molecule has 0 aromatic carbocycles. The molecule has 0 heterocycles. The Morgan fingerprint density at radius 3 is 1.67 bits per heavy atom. The molecule has 0 amide bonds. The van der Waals surface area contributed by atoms with Crippen LogP contribution in [0.5, 0.6) is 0 Å². The first-order chi connectivity index (χ1) is 10.1. The van der Waals surface area contributed by atoms with Crippen LogP contribution in [0.2, 0.25) is 13.3 Å². The molecule has 0 radical (unpaired) electrons. The van der Waals surface area contributed by atoms with Gasteiger partial charge in [-0.05, 0) is 0 Å². The van der Waals surface area contributed by atoms with Gasteiger partial charge in [0, 0.05) is 0 Å². The van der Waals surface area contributed by atoms with Gasteiger partial charge in [-0.15, -0.1) is 0 Å². The van der Waals surface area contributed by atoms with Crippen molar-refractivity contribution in [2.45, 2.75) is 86.5 Å². The second kappa shape index (κ2) is 12.5. The van der Waals surface area contributed by atoms with Crippen molar-refractivity contribution in [3.05, 3.63) is 9.67 Å². The molecule has 3 heteroatoms. The molecule has 0 aromatic rings. The molecule has 0 saturated heterocycles. The number of esters is 1. The Bertz CT molecular complexity index is 289. The maximum absolute atomic E-state index is 11.9. The predicted molar refractivity (Wildman–Crippen MR) is 95.3 cm³/mol. The number of ether oxygens (including phenoxy) is 1. The fourth-order valence-corrected chi connectivity index (χ4v) is 18.6. The number of hydrogen-bond acceptors (Lipinski definition) is 2. The molecule has 21 heavy (non-hydrogen) atoms. The van der Waals surface area contributed by atoms with Crippen LogP contribution in [0, 0.1) is 0 Å². The summed E-state index contributed by atoms with van der Waals surface area (Å²) in [6, 6.07) is 0. The normalized spacial score (nSPS) is 12.5. The van der Waals surface area contributed by atoms with Crippen molar-refractivity contribution in [3.8, 4) is 0 Å². The third kappa shape index (κ3) is 8.27. The zero-order valence-corrected chi connectivity index (χ0v) is 17.8. The Morgan fingerprint density at radius 2 is 1.33 bits per heavy atom. The van der Waals surface area contributed by atoms with E-state index >= 15 is 0 Å². The quantitative estimate of drug-likeness (QED) is 0.231. The van der Waals surface area contributed by atoms with E-state index in [1.165, 1.54) is 55.4 Å². The van der Waals surface area contributed by atoms with Gasteiger partial charge in [0.05, 0.1) is 0 Å². The third-order valence-electron chi connectivity index (χ3n) is 4.48. The standard InChI is InChI=1S/C6H9O2.3C4H9.Sn/c1-3-5-6(7)8-4-2;3*1-3-4-2;/h5H,4H2,1-2H3;3*1,3-4H2,2H3;. The van der Waals surface area contributed by atoms with Gasteiger partial charge in [-0.25, -0.2) is 0 Å². The minimum atomic E-state index is -2.36. The monoisotopic (exact) mass is 404 g/mol. The van der Waals surface area contributed by atoms with E-state index in [9.17, 15) is 4.79 Å². The zero-order valence-electron chi connectivity index (χ0n) is 15.0. The average molecular weight is 403 g/mol. The minimum absolute atomic E-state index is 0.124. The van der Waals surface area contributed by atoms with Crippen LogP contribution in [0.1, 0.15) is 73.1 Å². The number of rotatable bonds is 12. The first-order valence-corrected chi connectivity index (χ1v) is 16.4. The maximum atomic E-state index is 11.9. The molecule has 0 saturated carbocycles. The van der Waals surface area contributed by atoms with Gasteiger partial charge in [0.15, 0.2) is 0 Å². The summed E-state index contributed by atoms with van der Waals surface area (Å²) in [6.07, 6.45) is 9.64.